The average Bonchev–Trinajstić information content (AvgIpc) is 3.10. The van der Waals surface area contributed by atoms with Crippen molar-refractivity contribution in [1.82, 2.24) is 25.3 Å². The van der Waals surface area contributed by atoms with Crippen molar-refractivity contribution in [3.8, 4) is 5.69 Å². The molecule has 2 N–H and O–H groups in total. The molecule has 1 saturated heterocycles. The van der Waals surface area contributed by atoms with E-state index in [1.165, 1.54) is 0 Å². The largest absolute Gasteiger partial charge is 0.352 e. The Hall–Kier alpha value is -1.41. The van der Waals surface area contributed by atoms with Crippen molar-refractivity contribution in [3.05, 3.63) is 46.7 Å². The van der Waals surface area contributed by atoms with E-state index < -0.39 is 0 Å². The first-order valence-corrected chi connectivity index (χ1v) is 9.03. The number of hydrogen-bond acceptors (Lipinski definition) is 4. The van der Waals surface area contributed by atoms with E-state index in [-0.39, 0.29) is 18.3 Å². The summed E-state index contributed by atoms with van der Waals surface area (Å²) in [4.78, 5) is 14.6. The molecule has 0 unspecified atom stereocenters. The third-order valence-electron chi connectivity index (χ3n) is 4.06. The number of benzene rings is 1. The summed E-state index contributed by atoms with van der Waals surface area (Å²) in [6.07, 6.45) is 4.32. The van der Waals surface area contributed by atoms with Crippen LogP contribution in [0, 0.1) is 0 Å². The molecule has 25 heavy (non-hydrogen) atoms. The molecule has 8 heteroatoms. The van der Waals surface area contributed by atoms with E-state index in [0.29, 0.717) is 12.1 Å². The number of piperazine rings is 1. The number of halogens is 2. The molecule has 3 rings (SSSR count). The fourth-order valence-electron chi connectivity index (χ4n) is 2.74. The zero-order chi connectivity index (χ0) is 16.8. The lowest BCUT2D eigenvalue weighted by atomic mass is 10.3. The summed E-state index contributed by atoms with van der Waals surface area (Å²) >= 11 is 3.44. The minimum absolute atomic E-state index is 0. The van der Waals surface area contributed by atoms with Crippen molar-refractivity contribution in [2.45, 2.75) is 6.42 Å². The highest BCUT2D eigenvalue weighted by Gasteiger charge is 2.11. The third kappa shape index (κ3) is 5.81. The van der Waals surface area contributed by atoms with Crippen molar-refractivity contribution in [1.29, 1.82) is 0 Å². The lowest BCUT2D eigenvalue weighted by Gasteiger charge is -2.27. The maximum atomic E-state index is 12.2. The van der Waals surface area contributed by atoms with Gasteiger partial charge in [0.2, 0.25) is 0 Å². The summed E-state index contributed by atoms with van der Waals surface area (Å²) in [6.45, 7) is 6.01. The number of nitrogens with zero attached hydrogens (tertiary/aromatic N) is 3. The predicted octanol–water partition coefficient (Wildman–Crippen LogP) is 2.08. The molecule has 1 aromatic heterocycles. The standard InChI is InChI=1S/C17H22BrN5O.ClH/c18-15-3-1-4-16(11-15)23-13-14(12-21-23)17(24)20-5-2-8-22-9-6-19-7-10-22;/h1,3-4,11-13,19H,2,5-10H2,(H,20,24);1H. The normalized spacial score (nSPS) is 14.8. The van der Waals surface area contributed by atoms with Crippen molar-refractivity contribution < 1.29 is 4.79 Å². The molecular formula is C17H23BrClN5O. The Morgan fingerprint density at radius 2 is 2.12 bits per heavy atom. The number of amides is 1. The molecule has 136 valence electrons. The van der Waals surface area contributed by atoms with Crippen LogP contribution in [0.1, 0.15) is 16.8 Å². The van der Waals surface area contributed by atoms with Gasteiger partial charge in [0.05, 0.1) is 17.4 Å². The SMILES string of the molecule is Cl.O=C(NCCCN1CCNCC1)c1cnn(-c2cccc(Br)c2)c1. The first kappa shape index (κ1) is 19.9. The van der Waals surface area contributed by atoms with Gasteiger partial charge < -0.3 is 15.5 Å². The zero-order valence-corrected chi connectivity index (χ0v) is 16.4. The Bertz CT molecular complexity index is 687. The van der Waals surface area contributed by atoms with Gasteiger partial charge in [-0.05, 0) is 31.2 Å². The van der Waals surface area contributed by atoms with Gasteiger partial charge >= 0.3 is 0 Å². The number of rotatable bonds is 6. The van der Waals surface area contributed by atoms with Crippen LogP contribution in [0.4, 0.5) is 0 Å². The lowest BCUT2D eigenvalue weighted by molar-refractivity contribution is 0.0951. The molecule has 1 aliphatic rings. The summed E-state index contributed by atoms with van der Waals surface area (Å²) in [7, 11) is 0. The molecule has 0 spiro atoms. The van der Waals surface area contributed by atoms with Gasteiger partial charge in [-0.25, -0.2) is 4.68 Å². The van der Waals surface area contributed by atoms with E-state index in [2.05, 4.69) is 36.6 Å². The fourth-order valence-corrected chi connectivity index (χ4v) is 3.13. The molecule has 0 bridgehead atoms. The molecule has 0 radical (unpaired) electrons. The van der Waals surface area contributed by atoms with Crippen LogP contribution in [0.25, 0.3) is 5.69 Å². The highest BCUT2D eigenvalue weighted by atomic mass is 79.9. The number of carbonyl (C=O) groups is 1. The maximum Gasteiger partial charge on any atom is 0.254 e. The Morgan fingerprint density at radius 1 is 1.32 bits per heavy atom. The maximum absolute atomic E-state index is 12.2. The monoisotopic (exact) mass is 427 g/mol. The minimum atomic E-state index is -0.0726. The van der Waals surface area contributed by atoms with Gasteiger partial charge in [0.15, 0.2) is 0 Å². The van der Waals surface area contributed by atoms with E-state index in [4.69, 9.17) is 0 Å². The second-order valence-electron chi connectivity index (χ2n) is 5.85. The first-order chi connectivity index (χ1) is 11.7. The molecule has 0 atom stereocenters. The lowest BCUT2D eigenvalue weighted by Crippen LogP contribution is -2.44. The zero-order valence-electron chi connectivity index (χ0n) is 13.9. The van der Waals surface area contributed by atoms with Gasteiger partial charge in [0, 0.05) is 43.4 Å². The van der Waals surface area contributed by atoms with Crippen LogP contribution in [0.2, 0.25) is 0 Å². The van der Waals surface area contributed by atoms with Crippen molar-refractivity contribution in [2.24, 2.45) is 0 Å². The number of carbonyl (C=O) groups excluding carboxylic acids is 1. The summed E-state index contributed by atoms with van der Waals surface area (Å²) in [5.74, 6) is -0.0726. The van der Waals surface area contributed by atoms with Crippen LogP contribution in [-0.4, -0.2) is 59.9 Å². The van der Waals surface area contributed by atoms with Gasteiger partial charge in [-0.3, -0.25) is 4.79 Å². The van der Waals surface area contributed by atoms with Crippen LogP contribution in [0.15, 0.2) is 41.1 Å². The molecule has 1 fully saturated rings. The highest BCUT2D eigenvalue weighted by molar-refractivity contribution is 9.10. The number of aromatic nitrogens is 2. The second-order valence-corrected chi connectivity index (χ2v) is 6.77. The minimum Gasteiger partial charge on any atom is -0.352 e. The van der Waals surface area contributed by atoms with Crippen LogP contribution in [-0.2, 0) is 0 Å². The predicted molar refractivity (Wildman–Crippen MR) is 105 cm³/mol. The smallest absolute Gasteiger partial charge is 0.254 e. The molecule has 0 saturated carbocycles. The van der Waals surface area contributed by atoms with Crippen molar-refractivity contribution in [3.63, 3.8) is 0 Å². The summed E-state index contributed by atoms with van der Waals surface area (Å²) in [5.41, 5.74) is 1.50. The van der Waals surface area contributed by atoms with E-state index in [1.807, 2.05) is 24.3 Å². The average molecular weight is 429 g/mol. The quantitative estimate of drug-likeness (QED) is 0.692. The summed E-state index contributed by atoms with van der Waals surface area (Å²) < 4.78 is 2.69. The van der Waals surface area contributed by atoms with Crippen LogP contribution >= 0.6 is 28.3 Å². The van der Waals surface area contributed by atoms with Crippen LogP contribution in [0.3, 0.4) is 0 Å². The van der Waals surface area contributed by atoms with Gasteiger partial charge in [-0.2, -0.15) is 5.10 Å². The van der Waals surface area contributed by atoms with Gasteiger partial charge in [0.1, 0.15) is 0 Å². The van der Waals surface area contributed by atoms with Crippen LogP contribution in [0.5, 0.6) is 0 Å². The van der Waals surface area contributed by atoms with E-state index >= 15 is 0 Å². The molecule has 1 aliphatic heterocycles. The fraction of sp³-hybridized carbons (Fsp3) is 0.412. The van der Waals surface area contributed by atoms with Crippen molar-refractivity contribution >= 4 is 34.2 Å². The Balaban J connectivity index is 0.00000225. The van der Waals surface area contributed by atoms with Crippen LogP contribution < -0.4 is 10.6 Å². The van der Waals surface area contributed by atoms with Crippen molar-refractivity contribution in [2.75, 3.05) is 39.3 Å². The summed E-state index contributed by atoms with van der Waals surface area (Å²) in [6, 6.07) is 7.81. The second kappa shape index (κ2) is 9.91. The van der Waals surface area contributed by atoms with E-state index in [1.54, 1.807) is 17.1 Å². The highest BCUT2D eigenvalue weighted by Crippen LogP contribution is 2.15. The Morgan fingerprint density at radius 3 is 2.88 bits per heavy atom. The number of hydrogen-bond donors (Lipinski definition) is 2. The number of nitrogens with one attached hydrogen (secondary N) is 2. The summed E-state index contributed by atoms with van der Waals surface area (Å²) in [5, 5.41) is 10.6. The molecule has 1 amide bonds. The van der Waals surface area contributed by atoms with Gasteiger partial charge in [-0.15, -0.1) is 12.4 Å². The molecular weight excluding hydrogens is 406 g/mol. The van der Waals surface area contributed by atoms with E-state index in [0.717, 1.165) is 49.3 Å². The third-order valence-corrected chi connectivity index (χ3v) is 4.56. The Kier molecular flexibility index (Phi) is 7.90. The molecule has 6 nitrogen and oxygen atoms in total. The Labute approximate surface area is 162 Å². The van der Waals surface area contributed by atoms with Gasteiger partial charge in [-0.1, -0.05) is 22.0 Å². The van der Waals surface area contributed by atoms with Gasteiger partial charge in [0.25, 0.3) is 5.91 Å². The molecule has 0 aliphatic carbocycles. The molecule has 1 aromatic carbocycles. The molecule has 2 heterocycles. The first-order valence-electron chi connectivity index (χ1n) is 8.24. The van der Waals surface area contributed by atoms with E-state index in [9.17, 15) is 4.79 Å². The molecule has 2 aromatic rings. The topological polar surface area (TPSA) is 62.2 Å².